The van der Waals surface area contributed by atoms with Crippen molar-refractivity contribution >= 4 is 50.9 Å². The number of fused-ring (bicyclic) bond motifs is 1. The van der Waals surface area contributed by atoms with Crippen LogP contribution >= 0.6 is 23.1 Å². The van der Waals surface area contributed by atoms with Crippen molar-refractivity contribution in [2.24, 2.45) is 5.73 Å². The first-order valence-corrected chi connectivity index (χ1v) is 11.2. The summed E-state index contributed by atoms with van der Waals surface area (Å²) in [7, 11) is 0. The number of primary amides is 1. The summed E-state index contributed by atoms with van der Waals surface area (Å²) in [5, 5.41) is 2.96. The zero-order valence-electron chi connectivity index (χ0n) is 16.8. The molecule has 0 unspecified atom stereocenters. The maximum atomic E-state index is 13.4. The van der Waals surface area contributed by atoms with Gasteiger partial charge in [0.05, 0.1) is 22.6 Å². The van der Waals surface area contributed by atoms with E-state index in [-0.39, 0.29) is 28.6 Å². The van der Waals surface area contributed by atoms with Crippen LogP contribution in [0.4, 0.5) is 5.82 Å². The number of benzene rings is 1. The van der Waals surface area contributed by atoms with E-state index in [1.54, 1.807) is 6.92 Å². The molecule has 4 rings (SSSR count). The fraction of sp³-hybridized carbons (Fsp3) is 0.150. The first-order chi connectivity index (χ1) is 15.3. The SMILES string of the molecule is Cc1c(C(N)=O)sc2nc(SCC(=O)n3[nH]c(=O)cc3N)n(Cc3ccccc3)c(=O)c12. The van der Waals surface area contributed by atoms with Gasteiger partial charge in [0, 0.05) is 6.07 Å². The van der Waals surface area contributed by atoms with Gasteiger partial charge in [-0.05, 0) is 18.1 Å². The van der Waals surface area contributed by atoms with Gasteiger partial charge in [-0.2, -0.15) is 0 Å². The number of amides is 1. The molecule has 0 aliphatic heterocycles. The number of hydrogen-bond donors (Lipinski definition) is 3. The first-order valence-electron chi connectivity index (χ1n) is 9.37. The zero-order chi connectivity index (χ0) is 23.0. The molecule has 10 nitrogen and oxygen atoms in total. The van der Waals surface area contributed by atoms with Crippen LogP contribution < -0.4 is 22.6 Å². The van der Waals surface area contributed by atoms with Crippen molar-refractivity contribution in [2.45, 2.75) is 18.6 Å². The van der Waals surface area contributed by atoms with E-state index >= 15 is 0 Å². The lowest BCUT2D eigenvalue weighted by Gasteiger charge is -2.12. The lowest BCUT2D eigenvalue weighted by molar-refractivity contribution is 0.0928. The number of nitrogens with zero attached hydrogens (tertiary/aromatic N) is 3. The molecule has 0 bridgehead atoms. The minimum atomic E-state index is -0.629. The summed E-state index contributed by atoms with van der Waals surface area (Å²) in [6.07, 6.45) is 0. The molecule has 0 spiro atoms. The Kier molecular flexibility index (Phi) is 5.72. The molecule has 12 heteroatoms. The van der Waals surface area contributed by atoms with E-state index in [4.69, 9.17) is 11.5 Å². The first kappa shape index (κ1) is 21.6. The Labute approximate surface area is 188 Å². The summed E-state index contributed by atoms with van der Waals surface area (Å²) < 4.78 is 2.41. The van der Waals surface area contributed by atoms with Crippen molar-refractivity contribution < 1.29 is 9.59 Å². The molecule has 164 valence electrons. The van der Waals surface area contributed by atoms with Crippen LogP contribution in [-0.2, 0) is 6.54 Å². The zero-order valence-corrected chi connectivity index (χ0v) is 18.5. The van der Waals surface area contributed by atoms with E-state index in [9.17, 15) is 19.2 Å². The molecule has 4 aromatic rings. The van der Waals surface area contributed by atoms with Gasteiger partial charge in [-0.15, -0.1) is 11.3 Å². The Bertz CT molecular complexity index is 1470. The van der Waals surface area contributed by atoms with Gasteiger partial charge in [0.1, 0.15) is 10.6 Å². The van der Waals surface area contributed by atoms with Crippen LogP contribution in [0.3, 0.4) is 0 Å². The number of nitrogens with two attached hydrogens (primary N) is 2. The van der Waals surface area contributed by atoms with E-state index in [0.717, 1.165) is 39.4 Å². The normalized spacial score (nSPS) is 11.2. The van der Waals surface area contributed by atoms with Crippen LogP contribution in [-0.4, -0.2) is 36.9 Å². The number of hydrogen-bond acceptors (Lipinski definition) is 8. The molecule has 5 N–H and O–H groups in total. The average Bonchev–Trinajstić information content (AvgIpc) is 3.27. The Balaban J connectivity index is 1.78. The van der Waals surface area contributed by atoms with E-state index < -0.39 is 17.4 Å². The third kappa shape index (κ3) is 3.97. The number of rotatable bonds is 6. The highest BCUT2D eigenvalue weighted by molar-refractivity contribution is 7.99. The van der Waals surface area contributed by atoms with Crippen molar-refractivity contribution in [2.75, 3.05) is 11.5 Å². The molecule has 0 atom stereocenters. The van der Waals surface area contributed by atoms with E-state index in [1.807, 2.05) is 30.3 Å². The number of anilines is 1. The maximum Gasteiger partial charge on any atom is 0.266 e. The number of nitrogens with one attached hydrogen (secondary N) is 1. The van der Waals surface area contributed by atoms with E-state index in [2.05, 4.69) is 10.1 Å². The summed E-state index contributed by atoms with van der Waals surface area (Å²) in [6.45, 7) is 1.89. The summed E-state index contributed by atoms with van der Waals surface area (Å²) >= 11 is 2.08. The molecular formula is C20H18N6O4S2. The number of aryl methyl sites for hydroxylation is 1. The predicted octanol–water partition coefficient (Wildman–Crippen LogP) is 1.42. The Hall–Kier alpha value is -3.64. The number of carbonyl (C=O) groups is 2. The molecule has 0 radical (unpaired) electrons. The lowest BCUT2D eigenvalue weighted by Crippen LogP contribution is -2.25. The molecule has 3 heterocycles. The van der Waals surface area contributed by atoms with Crippen LogP contribution in [0, 0.1) is 6.92 Å². The Morgan fingerprint density at radius 2 is 1.94 bits per heavy atom. The Morgan fingerprint density at radius 3 is 2.56 bits per heavy atom. The van der Waals surface area contributed by atoms with E-state index in [0.29, 0.717) is 20.9 Å². The van der Waals surface area contributed by atoms with Gasteiger partial charge in [0.25, 0.3) is 22.9 Å². The molecule has 0 aliphatic rings. The van der Waals surface area contributed by atoms with Gasteiger partial charge in [-0.25, -0.2) is 9.67 Å². The third-order valence-electron chi connectivity index (χ3n) is 4.76. The molecule has 1 amide bonds. The average molecular weight is 471 g/mol. The highest BCUT2D eigenvalue weighted by atomic mass is 32.2. The van der Waals surface area contributed by atoms with Gasteiger partial charge in [-0.3, -0.25) is 28.8 Å². The monoisotopic (exact) mass is 470 g/mol. The third-order valence-corrected chi connectivity index (χ3v) is 6.92. The second-order valence-electron chi connectivity index (χ2n) is 6.93. The molecule has 0 saturated heterocycles. The lowest BCUT2D eigenvalue weighted by atomic mass is 10.2. The van der Waals surface area contributed by atoms with Gasteiger partial charge in [0.15, 0.2) is 5.16 Å². The summed E-state index contributed by atoms with van der Waals surface area (Å²) in [4.78, 5) is 54.3. The quantitative estimate of drug-likeness (QED) is 0.284. The number of thiophene rings is 1. The minimum absolute atomic E-state index is 0.00864. The maximum absolute atomic E-state index is 13.4. The smallest absolute Gasteiger partial charge is 0.266 e. The molecule has 0 aliphatic carbocycles. The molecule has 0 saturated carbocycles. The van der Waals surface area contributed by atoms with Crippen LogP contribution in [0.2, 0.25) is 0 Å². The summed E-state index contributed by atoms with van der Waals surface area (Å²) in [6, 6.07) is 10.4. The molecule has 32 heavy (non-hydrogen) atoms. The highest BCUT2D eigenvalue weighted by Gasteiger charge is 2.21. The van der Waals surface area contributed by atoms with E-state index in [1.165, 1.54) is 4.57 Å². The van der Waals surface area contributed by atoms with Crippen LogP contribution in [0.5, 0.6) is 0 Å². The van der Waals surface area contributed by atoms with Gasteiger partial charge in [-0.1, -0.05) is 42.1 Å². The number of carbonyl (C=O) groups excluding carboxylic acids is 2. The van der Waals surface area contributed by atoms with Gasteiger partial charge in [0.2, 0.25) is 0 Å². The highest BCUT2D eigenvalue weighted by Crippen LogP contribution is 2.29. The topological polar surface area (TPSA) is 159 Å². The standard InChI is InChI=1S/C20H18N6O4S2/c1-10-15-18(32-16(10)17(22)29)23-20(25(19(15)30)8-11-5-3-2-4-6-11)31-9-14(28)26-12(21)7-13(27)24-26/h2-7H,8-9,21H2,1H3,(H2,22,29)(H,24,27). The number of aromatic nitrogens is 4. The van der Waals surface area contributed by atoms with Crippen molar-refractivity contribution in [3.63, 3.8) is 0 Å². The number of aromatic amines is 1. The summed E-state index contributed by atoms with van der Waals surface area (Å²) in [5.41, 5.74) is 11.7. The number of nitrogen functional groups attached to an aromatic ring is 1. The fourth-order valence-corrected chi connectivity index (χ4v) is 5.17. The second-order valence-corrected chi connectivity index (χ2v) is 8.88. The summed E-state index contributed by atoms with van der Waals surface area (Å²) in [5.74, 6) is -1.24. The van der Waals surface area contributed by atoms with Crippen LogP contribution in [0.15, 0.2) is 51.1 Å². The Morgan fingerprint density at radius 1 is 1.22 bits per heavy atom. The van der Waals surface area contributed by atoms with Gasteiger partial charge >= 0.3 is 0 Å². The number of thioether (sulfide) groups is 1. The molecule has 1 aromatic carbocycles. The molecular weight excluding hydrogens is 452 g/mol. The van der Waals surface area contributed by atoms with Crippen molar-refractivity contribution in [1.82, 2.24) is 19.3 Å². The second kappa shape index (κ2) is 8.48. The largest absolute Gasteiger partial charge is 0.383 e. The van der Waals surface area contributed by atoms with Crippen molar-refractivity contribution in [3.05, 3.63) is 73.1 Å². The van der Waals surface area contributed by atoms with Crippen molar-refractivity contribution in [3.8, 4) is 0 Å². The predicted molar refractivity (Wildman–Crippen MR) is 123 cm³/mol. The molecule has 0 fully saturated rings. The minimum Gasteiger partial charge on any atom is -0.383 e. The molecule has 3 aromatic heterocycles. The van der Waals surface area contributed by atoms with Gasteiger partial charge < -0.3 is 11.5 Å². The number of H-pyrrole nitrogens is 1. The van der Waals surface area contributed by atoms with Crippen LogP contribution in [0.25, 0.3) is 10.2 Å². The fourth-order valence-electron chi connectivity index (χ4n) is 3.25. The van der Waals surface area contributed by atoms with Crippen LogP contribution in [0.1, 0.15) is 25.6 Å². The van der Waals surface area contributed by atoms with Crippen molar-refractivity contribution in [1.29, 1.82) is 0 Å².